The third-order valence-electron chi connectivity index (χ3n) is 4.61. The molecule has 0 saturated heterocycles. The van der Waals surface area contributed by atoms with Gasteiger partial charge in [0.1, 0.15) is 0 Å². The average Bonchev–Trinajstić information content (AvgIpc) is 2.98. The number of nitrogens with zero attached hydrogens (tertiary/aromatic N) is 1. The van der Waals surface area contributed by atoms with Crippen LogP contribution in [0.4, 0.5) is 0 Å². The largest absolute Gasteiger partial charge is 0.342 e. The summed E-state index contributed by atoms with van der Waals surface area (Å²) in [5.74, 6) is 1.17. The van der Waals surface area contributed by atoms with Gasteiger partial charge in [0.15, 0.2) is 0 Å². The van der Waals surface area contributed by atoms with E-state index in [1.807, 2.05) is 11.9 Å². The van der Waals surface area contributed by atoms with E-state index in [0.717, 1.165) is 38.6 Å². The van der Waals surface area contributed by atoms with Crippen LogP contribution in [-0.2, 0) is 11.2 Å². The second-order valence-electron chi connectivity index (χ2n) is 6.04. The maximum atomic E-state index is 12.6. The molecule has 2 N–H and O–H groups in total. The van der Waals surface area contributed by atoms with Crippen LogP contribution >= 0.6 is 11.3 Å². The lowest BCUT2D eigenvalue weighted by molar-refractivity contribution is -0.137. The van der Waals surface area contributed by atoms with Crippen molar-refractivity contribution in [3.63, 3.8) is 0 Å². The molecular weight excluding hydrogens is 268 g/mol. The second kappa shape index (κ2) is 7.23. The van der Waals surface area contributed by atoms with Crippen LogP contribution < -0.4 is 5.73 Å². The smallest absolute Gasteiger partial charge is 0.225 e. The molecule has 3 nitrogen and oxygen atoms in total. The van der Waals surface area contributed by atoms with Crippen LogP contribution in [0.3, 0.4) is 0 Å². The van der Waals surface area contributed by atoms with Gasteiger partial charge in [0.2, 0.25) is 5.91 Å². The van der Waals surface area contributed by atoms with Crippen molar-refractivity contribution in [2.24, 2.45) is 17.6 Å². The van der Waals surface area contributed by atoms with Crippen molar-refractivity contribution < 1.29 is 4.79 Å². The molecule has 20 heavy (non-hydrogen) atoms. The minimum absolute atomic E-state index is 0.216. The van der Waals surface area contributed by atoms with Gasteiger partial charge in [-0.15, -0.1) is 11.3 Å². The fourth-order valence-corrected chi connectivity index (χ4v) is 3.83. The molecule has 1 aromatic rings. The highest BCUT2D eigenvalue weighted by Gasteiger charge is 2.29. The van der Waals surface area contributed by atoms with Crippen molar-refractivity contribution in [3.05, 3.63) is 22.4 Å². The molecule has 1 aromatic heterocycles. The van der Waals surface area contributed by atoms with Gasteiger partial charge in [-0.25, -0.2) is 0 Å². The Kier molecular flexibility index (Phi) is 5.61. The van der Waals surface area contributed by atoms with Gasteiger partial charge in [-0.2, -0.15) is 0 Å². The summed E-state index contributed by atoms with van der Waals surface area (Å²) >= 11 is 1.77. The number of hydrogen-bond donors (Lipinski definition) is 1. The van der Waals surface area contributed by atoms with Crippen LogP contribution in [0, 0.1) is 11.8 Å². The molecule has 1 aliphatic rings. The first-order chi connectivity index (χ1) is 9.61. The number of nitrogens with two attached hydrogens (primary N) is 1. The Morgan fingerprint density at radius 2 is 2.15 bits per heavy atom. The summed E-state index contributed by atoms with van der Waals surface area (Å²) in [6, 6.07) is 4.49. The van der Waals surface area contributed by atoms with Gasteiger partial charge in [-0.3, -0.25) is 4.79 Å². The SMILES string of the molecule is CC(Cc1cccs1)N(C)C(=O)C1CCC(CN)CC1. The van der Waals surface area contributed by atoms with E-state index < -0.39 is 0 Å². The van der Waals surface area contributed by atoms with E-state index >= 15 is 0 Å². The summed E-state index contributed by atoms with van der Waals surface area (Å²) in [5.41, 5.74) is 5.71. The number of carbonyl (C=O) groups excluding carboxylic acids is 1. The van der Waals surface area contributed by atoms with Crippen molar-refractivity contribution in [3.8, 4) is 0 Å². The van der Waals surface area contributed by atoms with Crippen LogP contribution in [0.25, 0.3) is 0 Å². The molecular formula is C16H26N2OS. The zero-order chi connectivity index (χ0) is 14.5. The van der Waals surface area contributed by atoms with Crippen LogP contribution in [0.1, 0.15) is 37.5 Å². The molecule has 0 aliphatic heterocycles. The molecule has 1 saturated carbocycles. The first kappa shape index (κ1) is 15.5. The molecule has 2 rings (SSSR count). The van der Waals surface area contributed by atoms with Crippen LogP contribution in [0.5, 0.6) is 0 Å². The Labute approximate surface area is 126 Å². The summed E-state index contributed by atoms with van der Waals surface area (Å²) in [7, 11) is 1.95. The maximum absolute atomic E-state index is 12.6. The molecule has 1 amide bonds. The molecule has 0 radical (unpaired) electrons. The Hall–Kier alpha value is -0.870. The van der Waals surface area contributed by atoms with Gasteiger partial charge < -0.3 is 10.6 Å². The van der Waals surface area contributed by atoms with Crippen molar-refractivity contribution in [2.75, 3.05) is 13.6 Å². The highest BCUT2D eigenvalue weighted by molar-refractivity contribution is 7.09. The Morgan fingerprint density at radius 3 is 2.70 bits per heavy atom. The van der Waals surface area contributed by atoms with E-state index in [0.29, 0.717) is 11.8 Å². The minimum Gasteiger partial charge on any atom is -0.342 e. The molecule has 0 spiro atoms. The second-order valence-corrected chi connectivity index (χ2v) is 7.07. The predicted octanol–water partition coefficient (Wildman–Crippen LogP) is 2.90. The van der Waals surface area contributed by atoms with Crippen molar-refractivity contribution in [2.45, 2.75) is 45.1 Å². The quantitative estimate of drug-likeness (QED) is 0.907. The zero-order valence-corrected chi connectivity index (χ0v) is 13.4. The van der Waals surface area contributed by atoms with E-state index in [1.165, 1.54) is 4.88 Å². The number of hydrogen-bond acceptors (Lipinski definition) is 3. The Balaban J connectivity index is 1.85. The van der Waals surface area contributed by atoms with Crippen molar-refractivity contribution in [1.82, 2.24) is 4.90 Å². The predicted molar refractivity (Wildman–Crippen MR) is 84.8 cm³/mol. The lowest BCUT2D eigenvalue weighted by atomic mass is 9.81. The Morgan fingerprint density at radius 1 is 1.45 bits per heavy atom. The number of thiophene rings is 1. The standard InChI is InChI=1S/C16H26N2OS/c1-12(10-15-4-3-9-20-15)18(2)16(19)14-7-5-13(11-17)6-8-14/h3-4,9,12-14H,5-8,10-11,17H2,1-2H3. The molecule has 0 bridgehead atoms. The molecule has 0 aromatic carbocycles. The molecule has 1 fully saturated rings. The first-order valence-corrected chi connectivity index (χ1v) is 8.49. The Bertz CT molecular complexity index is 410. The molecule has 1 aliphatic carbocycles. The topological polar surface area (TPSA) is 46.3 Å². The van der Waals surface area contributed by atoms with Gasteiger partial charge >= 0.3 is 0 Å². The van der Waals surface area contributed by atoms with Gasteiger partial charge in [-0.1, -0.05) is 6.07 Å². The number of amides is 1. The fourth-order valence-electron chi connectivity index (χ4n) is 3.01. The fraction of sp³-hybridized carbons (Fsp3) is 0.688. The van der Waals surface area contributed by atoms with E-state index in [9.17, 15) is 4.79 Å². The first-order valence-electron chi connectivity index (χ1n) is 7.61. The highest BCUT2D eigenvalue weighted by Crippen LogP contribution is 2.29. The summed E-state index contributed by atoms with van der Waals surface area (Å²) in [5, 5.41) is 2.10. The molecule has 112 valence electrons. The van der Waals surface area contributed by atoms with Crippen LogP contribution in [0.15, 0.2) is 17.5 Å². The van der Waals surface area contributed by atoms with Crippen molar-refractivity contribution in [1.29, 1.82) is 0 Å². The highest BCUT2D eigenvalue weighted by atomic mass is 32.1. The van der Waals surface area contributed by atoms with Gasteiger partial charge in [0, 0.05) is 30.3 Å². The van der Waals surface area contributed by atoms with Crippen molar-refractivity contribution >= 4 is 17.2 Å². The third kappa shape index (κ3) is 3.83. The summed E-state index contributed by atoms with van der Waals surface area (Å²) in [6.07, 6.45) is 5.20. The zero-order valence-electron chi connectivity index (χ0n) is 12.5. The lowest BCUT2D eigenvalue weighted by Crippen LogP contribution is -2.41. The summed E-state index contributed by atoms with van der Waals surface area (Å²) < 4.78 is 0. The lowest BCUT2D eigenvalue weighted by Gasteiger charge is -2.32. The van der Waals surface area contributed by atoms with Crippen LogP contribution in [-0.4, -0.2) is 30.4 Å². The van der Waals surface area contributed by atoms with Crippen LogP contribution in [0.2, 0.25) is 0 Å². The van der Waals surface area contributed by atoms with Gasteiger partial charge in [0.25, 0.3) is 0 Å². The summed E-state index contributed by atoms with van der Waals surface area (Å²) in [4.78, 5) is 15.9. The minimum atomic E-state index is 0.216. The number of rotatable bonds is 5. The number of carbonyl (C=O) groups is 1. The molecule has 4 heteroatoms. The summed E-state index contributed by atoms with van der Waals surface area (Å²) in [6.45, 7) is 2.91. The monoisotopic (exact) mass is 294 g/mol. The number of likely N-dealkylation sites (N-methyl/N-ethyl adjacent to an activating group) is 1. The van der Waals surface area contributed by atoms with E-state index in [2.05, 4.69) is 24.4 Å². The van der Waals surface area contributed by atoms with E-state index in [1.54, 1.807) is 11.3 Å². The molecule has 1 unspecified atom stereocenters. The van der Waals surface area contributed by atoms with Gasteiger partial charge in [-0.05, 0) is 56.5 Å². The molecule has 1 atom stereocenters. The van der Waals surface area contributed by atoms with E-state index in [-0.39, 0.29) is 12.0 Å². The third-order valence-corrected chi connectivity index (χ3v) is 5.51. The van der Waals surface area contributed by atoms with Gasteiger partial charge in [0.05, 0.1) is 0 Å². The molecule has 1 heterocycles. The maximum Gasteiger partial charge on any atom is 0.225 e. The normalized spacial score (nSPS) is 24.4. The average molecular weight is 294 g/mol. The van der Waals surface area contributed by atoms with E-state index in [4.69, 9.17) is 5.73 Å².